The van der Waals surface area contributed by atoms with Gasteiger partial charge in [-0.15, -0.1) is 0 Å². The first-order valence-corrected chi connectivity index (χ1v) is 11.0. The van der Waals surface area contributed by atoms with E-state index in [1.165, 1.54) is 0 Å². The van der Waals surface area contributed by atoms with Gasteiger partial charge in [-0.1, -0.05) is 18.9 Å². The standard InChI is InChI=1S/C23H33N5O2/c1-17(29)8-4-3-5-10-20(27-23(30)18-11-14-28(2)15-12-18)22-25-16-21(26-22)19-9-6-7-13-24-19/h6-7,9,13,16,18,20H,3-5,8,10-12,14-15H2,1-2H3,(H,25,26)(H,27,30)/t20-/m0/s1. The van der Waals surface area contributed by atoms with Crippen molar-refractivity contribution >= 4 is 11.7 Å². The van der Waals surface area contributed by atoms with Crippen LogP contribution in [0.2, 0.25) is 0 Å². The Morgan fingerprint density at radius 1 is 1.20 bits per heavy atom. The molecule has 3 heterocycles. The summed E-state index contributed by atoms with van der Waals surface area (Å²) in [5.41, 5.74) is 1.68. The minimum atomic E-state index is -0.160. The van der Waals surface area contributed by atoms with E-state index < -0.39 is 0 Å². The number of carbonyl (C=O) groups excluding carboxylic acids is 2. The third kappa shape index (κ3) is 6.49. The summed E-state index contributed by atoms with van der Waals surface area (Å²) in [7, 11) is 2.10. The topological polar surface area (TPSA) is 91.0 Å². The normalized spacial score (nSPS) is 16.3. The van der Waals surface area contributed by atoms with Crippen molar-refractivity contribution in [2.75, 3.05) is 20.1 Å². The second kappa shape index (κ2) is 11.0. The lowest BCUT2D eigenvalue weighted by Crippen LogP contribution is -2.40. The summed E-state index contributed by atoms with van der Waals surface area (Å²) in [5, 5.41) is 3.24. The average molecular weight is 412 g/mol. The monoisotopic (exact) mass is 411 g/mol. The second-order valence-electron chi connectivity index (χ2n) is 8.34. The first-order valence-electron chi connectivity index (χ1n) is 11.0. The number of aromatic amines is 1. The van der Waals surface area contributed by atoms with E-state index in [1.807, 2.05) is 18.2 Å². The fourth-order valence-electron chi connectivity index (χ4n) is 3.90. The highest BCUT2D eigenvalue weighted by atomic mass is 16.2. The Balaban J connectivity index is 1.65. The van der Waals surface area contributed by atoms with Gasteiger partial charge in [-0.05, 0) is 64.9 Å². The van der Waals surface area contributed by atoms with Crippen LogP contribution in [0.15, 0.2) is 30.6 Å². The van der Waals surface area contributed by atoms with Gasteiger partial charge in [-0.25, -0.2) is 4.98 Å². The van der Waals surface area contributed by atoms with Crippen molar-refractivity contribution in [3.05, 3.63) is 36.4 Å². The second-order valence-corrected chi connectivity index (χ2v) is 8.34. The van der Waals surface area contributed by atoms with E-state index in [0.29, 0.717) is 6.42 Å². The minimum Gasteiger partial charge on any atom is -0.346 e. The number of hydrogen-bond donors (Lipinski definition) is 2. The van der Waals surface area contributed by atoms with E-state index in [2.05, 4.69) is 32.2 Å². The van der Waals surface area contributed by atoms with Crippen LogP contribution in [0.1, 0.15) is 63.7 Å². The summed E-state index contributed by atoms with van der Waals surface area (Å²) in [6, 6.07) is 5.60. The molecule has 1 amide bonds. The molecule has 0 spiro atoms. The number of aromatic nitrogens is 3. The van der Waals surface area contributed by atoms with Gasteiger partial charge in [0.05, 0.1) is 23.6 Å². The van der Waals surface area contributed by atoms with E-state index in [-0.39, 0.29) is 23.7 Å². The quantitative estimate of drug-likeness (QED) is 0.584. The molecular formula is C23H33N5O2. The first kappa shape index (κ1) is 22.2. The van der Waals surface area contributed by atoms with Crippen molar-refractivity contribution in [1.29, 1.82) is 0 Å². The predicted octanol–water partition coefficient (Wildman–Crippen LogP) is 3.51. The number of rotatable bonds is 10. The molecule has 162 valence electrons. The Hall–Kier alpha value is -2.54. The van der Waals surface area contributed by atoms with Crippen LogP contribution in [-0.2, 0) is 9.59 Å². The SMILES string of the molecule is CC(=O)CCCCC[C@H](NC(=O)C1CCN(C)CC1)c1ncc(-c2ccccn2)[nH]1. The maximum atomic E-state index is 12.9. The largest absolute Gasteiger partial charge is 0.346 e. The molecular weight excluding hydrogens is 378 g/mol. The number of Topliss-reactive ketones (excluding diaryl/α,β-unsaturated/α-hetero) is 1. The van der Waals surface area contributed by atoms with Crippen LogP contribution in [0.4, 0.5) is 0 Å². The Morgan fingerprint density at radius 2 is 2.00 bits per heavy atom. The van der Waals surface area contributed by atoms with Gasteiger partial charge in [0.25, 0.3) is 0 Å². The zero-order valence-electron chi connectivity index (χ0n) is 18.1. The van der Waals surface area contributed by atoms with Crippen LogP contribution in [0.3, 0.4) is 0 Å². The number of pyridine rings is 1. The number of likely N-dealkylation sites (tertiary alicyclic amines) is 1. The Kier molecular flexibility index (Phi) is 8.13. The molecule has 2 aromatic rings. The lowest BCUT2D eigenvalue weighted by atomic mass is 9.95. The number of H-pyrrole nitrogens is 1. The fourth-order valence-corrected chi connectivity index (χ4v) is 3.90. The molecule has 1 saturated heterocycles. The molecule has 1 fully saturated rings. The van der Waals surface area contributed by atoms with Crippen molar-refractivity contribution in [1.82, 2.24) is 25.2 Å². The number of piperidine rings is 1. The van der Waals surface area contributed by atoms with Gasteiger partial charge in [0.2, 0.25) is 5.91 Å². The molecule has 3 rings (SSSR count). The lowest BCUT2D eigenvalue weighted by Gasteiger charge is -2.29. The smallest absolute Gasteiger partial charge is 0.223 e. The molecule has 0 unspecified atom stereocenters. The highest BCUT2D eigenvalue weighted by molar-refractivity contribution is 5.79. The molecule has 0 aromatic carbocycles. The van der Waals surface area contributed by atoms with Crippen LogP contribution in [0, 0.1) is 5.92 Å². The molecule has 30 heavy (non-hydrogen) atoms. The minimum absolute atomic E-state index is 0.0617. The van der Waals surface area contributed by atoms with Crippen molar-refractivity contribution in [3.8, 4) is 11.4 Å². The number of hydrogen-bond acceptors (Lipinski definition) is 5. The Morgan fingerprint density at radius 3 is 2.70 bits per heavy atom. The Bertz CT molecular complexity index is 812. The maximum absolute atomic E-state index is 12.9. The third-order valence-electron chi connectivity index (χ3n) is 5.79. The molecule has 0 radical (unpaired) electrons. The number of nitrogens with one attached hydrogen (secondary N) is 2. The number of carbonyl (C=O) groups is 2. The summed E-state index contributed by atoms with van der Waals surface area (Å²) in [5.74, 6) is 1.18. The highest BCUT2D eigenvalue weighted by Gasteiger charge is 2.26. The molecule has 1 atom stereocenters. The van der Waals surface area contributed by atoms with Gasteiger partial charge in [-0.2, -0.15) is 0 Å². The average Bonchev–Trinajstić information content (AvgIpc) is 3.23. The zero-order chi connectivity index (χ0) is 21.3. The zero-order valence-corrected chi connectivity index (χ0v) is 18.1. The molecule has 0 saturated carbocycles. The van der Waals surface area contributed by atoms with E-state index >= 15 is 0 Å². The highest BCUT2D eigenvalue weighted by Crippen LogP contribution is 2.23. The van der Waals surface area contributed by atoms with E-state index in [0.717, 1.165) is 68.8 Å². The van der Waals surface area contributed by atoms with Crippen molar-refractivity contribution < 1.29 is 9.59 Å². The van der Waals surface area contributed by atoms with E-state index in [9.17, 15) is 9.59 Å². The van der Waals surface area contributed by atoms with E-state index in [4.69, 9.17) is 0 Å². The van der Waals surface area contributed by atoms with Crippen LogP contribution < -0.4 is 5.32 Å². The van der Waals surface area contributed by atoms with Gasteiger partial charge in [0.1, 0.15) is 11.6 Å². The van der Waals surface area contributed by atoms with Gasteiger partial charge < -0.3 is 20.0 Å². The van der Waals surface area contributed by atoms with Crippen molar-refractivity contribution in [3.63, 3.8) is 0 Å². The van der Waals surface area contributed by atoms with Crippen LogP contribution in [0.25, 0.3) is 11.4 Å². The van der Waals surface area contributed by atoms with Crippen LogP contribution in [0.5, 0.6) is 0 Å². The summed E-state index contributed by atoms with van der Waals surface area (Å²) in [6.07, 6.45) is 9.53. The van der Waals surface area contributed by atoms with Crippen LogP contribution >= 0.6 is 0 Å². The molecule has 2 aromatic heterocycles. The third-order valence-corrected chi connectivity index (χ3v) is 5.79. The maximum Gasteiger partial charge on any atom is 0.223 e. The van der Waals surface area contributed by atoms with Crippen LogP contribution in [-0.4, -0.2) is 51.7 Å². The first-order chi connectivity index (χ1) is 14.5. The molecule has 2 N–H and O–H groups in total. The number of amides is 1. The van der Waals surface area contributed by atoms with Gasteiger partial charge >= 0.3 is 0 Å². The summed E-state index contributed by atoms with van der Waals surface area (Å²) < 4.78 is 0. The van der Waals surface area contributed by atoms with E-state index in [1.54, 1.807) is 19.3 Å². The summed E-state index contributed by atoms with van der Waals surface area (Å²) >= 11 is 0. The van der Waals surface area contributed by atoms with Crippen molar-refractivity contribution in [2.24, 2.45) is 5.92 Å². The number of unbranched alkanes of at least 4 members (excludes halogenated alkanes) is 2. The molecule has 0 aliphatic carbocycles. The molecule has 7 nitrogen and oxygen atoms in total. The van der Waals surface area contributed by atoms with Crippen molar-refractivity contribution in [2.45, 2.75) is 57.9 Å². The fraction of sp³-hybridized carbons (Fsp3) is 0.565. The molecule has 0 bridgehead atoms. The number of imidazole rings is 1. The summed E-state index contributed by atoms with van der Waals surface area (Å²) in [6.45, 7) is 3.55. The molecule has 1 aliphatic rings. The summed E-state index contributed by atoms with van der Waals surface area (Å²) in [4.78, 5) is 38.6. The number of nitrogens with zero attached hydrogens (tertiary/aromatic N) is 3. The lowest BCUT2D eigenvalue weighted by molar-refractivity contribution is -0.127. The Labute approximate surface area is 178 Å². The molecule has 7 heteroatoms. The van der Waals surface area contributed by atoms with Gasteiger partial charge in [0, 0.05) is 18.5 Å². The van der Waals surface area contributed by atoms with Gasteiger partial charge in [-0.3, -0.25) is 9.78 Å². The predicted molar refractivity (Wildman–Crippen MR) is 117 cm³/mol. The van der Waals surface area contributed by atoms with Gasteiger partial charge in [0.15, 0.2) is 0 Å². The number of ketones is 1. The molecule has 1 aliphatic heterocycles.